The van der Waals surface area contributed by atoms with Crippen LogP contribution in [0.1, 0.15) is 61.0 Å². The van der Waals surface area contributed by atoms with Crippen molar-refractivity contribution in [3.8, 4) is 11.5 Å². The fourth-order valence-electron chi connectivity index (χ4n) is 4.01. The molecule has 0 saturated carbocycles. The van der Waals surface area contributed by atoms with Crippen molar-refractivity contribution in [1.29, 1.82) is 0 Å². The van der Waals surface area contributed by atoms with Gasteiger partial charge in [0.2, 0.25) is 12.7 Å². The van der Waals surface area contributed by atoms with Crippen molar-refractivity contribution < 1.29 is 19.1 Å². The lowest BCUT2D eigenvalue weighted by Gasteiger charge is -2.33. The summed E-state index contributed by atoms with van der Waals surface area (Å²) in [6.45, 7) is 8.30. The molecule has 7 nitrogen and oxygen atoms in total. The molecule has 8 heteroatoms. The van der Waals surface area contributed by atoms with Crippen LogP contribution in [0.3, 0.4) is 0 Å². The number of benzene rings is 1. The molecule has 1 aliphatic heterocycles. The second kappa shape index (κ2) is 7.67. The minimum atomic E-state index is -0.260. The van der Waals surface area contributed by atoms with Gasteiger partial charge in [-0.1, -0.05) is 0 Å². The van der Waals surface area contributed by atoms with Gasteiger partial charge >= 0.3 is 0 Å². The highest BCUT2D eigenvalue weighted by molar-refractivity contribution is 7.16. The quantitative estimate of drug-likeness (QED) is 0.803. The first kappa shape index (κ1) is 19.7. The molecular formula is C21H25N3O4S. The summed E-state index contributed by atoms with van der Waals surface area (Å²) in [5.41, 5.74) is 1.29. The van der Waals surface area contributed by atoms with Crippen molar-refractivity contribution in [2.75, 3.05) is 12.1 Å². The third-order valence-corrected chi connectivity index (χ3v) is 6.28. The molecule has 0 saturated heterocycles. The number of anilines is 1. The topological polar surface area (TPSA) is 80.8 Å². The van der Waals surface area contributed by atoms with Gasteiger partial charge in [0.05, 0.1) is 11.6 Å². The Morgan fingerprint density at radius 3 is 2.62 bits per heavy atom. The Morgan fingerprint density at radius 1 is 1.17 bits per heavy atom. The van der Waals surface area contributed by atoms with Crippen LogP contribution in [0.2, 0.25) is 0 Å². The lowest BCUT2D eigenvalue weighted by Crippen LogP contribution is -2.44. The van der Waals surface area contributed by atoms with Crippen LogP contribution >= 0.6 is 11.3 Å². The summed E-state index contributed by atoms with van der Waals surface area (Å²) in [5.74, 6) is 0.822. The molecule has 4 rings (SSSR count). The number of aryl methyl sites for hydroxylation is 1. The molecule has 1 aromatic heterocycles. The number of carbonyl (C=O) groups is 2. The van der Waals surface area contributed by atoms with Crippen molar-refractivity contribution in [2.45, 2.75) is 58.5 Å². The van der Waals surface area contributed by atoms with Crippen LogP contribution in [0.5, 0.6) is 11.5 Å². The third-order valence-electron chi connectivity index (χ3n) is 5.24. The number of carbonyl (C=O) groups excluding carboxylic acids is 2. The van der Waals surface area contributed by atoms with Crippen molar-refractivity contribution in [1.82, 2.24) is 9.88 Å². The first-order chi connectivity index (χ1) is 13.8. The van der Waals surface area contributed by atoms with Gasteiger partial charge in [0.25, 0.3) is 5.91 Å². The molecule has 0 radical (unpaired) electrons. The van der Waals surface area contributed by atoms with Crippen LogP contribution in [0.4, 0.5) is 5.13 Å². The molecule has 2 aromatic rings. The van der Waals surface area contributed by atoms with E-state index in [0.717, 1.165) is 23.4 Å². The number of aromatic nitrogens is 1. The number of nitrogens with one attached hydrogen (secondary N) is 1. The Kier molecular flexibility index (Phi) is 5.21. The Morgan fingerprint density at radius 2 is 1.90 bits per heavy atom. The maximum atomic E-state index is 13.1. The highest BCUT2D eigenvalue weighted by Crippen LogP contribution is 2.40. The summed E-state index contributed by atoms with van der Waals surface area (Å²) in [6.07, 6.45) is 1.59. The summed E-state index contributed by atoms with van der Waals surface area (Å²) in [7, 11) is 0. The summed E-state index contributed by atoms with van der Waals surface area (Å²) < 4.78 is 10.6. The predicted molar refractivity (Wildman–Crippen MR) is 111 cm³/mol. The van der Waals surface area contributed by atoms with Gasteiger partial charge in [0.15, 0.2) is 16.6 Å². The molecule has 1 aliphatic carbocycles. The maximum absolute atomic E-state index is 13.1. The molecule has 2 heterocycles. The number of amides is 2. The van der Waals surface area contributed by atoms with E-state index in [-0.39, 0.29) is 36.6 Å². The van der Waals surface area contributed by atoms with E-state index in [1.54, 1.807) is 18.2 Å². The number of ether oxygens (including phenoxy) is 2. The molecule has 29 heavy (non-hydrogen) atoms. The number of fused-ring (bicyclic) bond motifs is 2. The van der Waals surface area contributed by atoms with Gasteiger partial charge in [-0.15, -0.1) is 11.3 Å². The van der Waals surface area contributed by atoms with E-state index in [1.165, 1.54) is 11.3 Å². The SMILES string of the molecule is CC(C)N(C(=O)C1CCc2sc(NC(=O)c3ccc4c(c3)OCO4)nc21)C(C)C. The minimum Gasteiger partial charge on any atom is -0.454 e. The van der Waals surface area contributed by atoms with E-state index < -0.39 is 0 Å². The summed E-state index contributed by atoms with van der Waals surface area (Å²) >= 11 is 1.45. The highest BCUT2D eigenvalue weighted by Gasteiger charge is 2.37. The molecule has 1 N–H and O–H groups in total. The molecular weight excluding hydrogens is 390 g/mol. The van der Waals surface area contributed by atoms with Gasteiger partial charge in [-0.25, -0.2) is 4.98 Å². The third kappa shape index (κ3) is 3.69. The first-order valence-corrected chi connectivity index (χ1v) is 10.7. The lowest BCUT2D eigenvalue weighted by atomic mass is 10.0. The minimum absolute atomic E-state index is 0.118. The lowest BCUT2D eigenvalue weighted by molar-refractivity contribution is -0.136. The molecule has 0 spiro atoms. The smallest absolute Gasteiger partial charge is 0.257 e. The highest BCUT2D eigenvalue weighted by atomic mass is 32.1. The number of nitrogens with zero attached hydrogens (tertiary/aromatic N) is 2. The number of hydrogen-bond acceptors (Lipinski definition) is 6. The number of hydrogen-bond donors (Lipinski definition) is 1. The maximum Gasteiger partial charge on any atom is 0.257 e. The molecule has 2 amide bonds. The van der Waals surface area contributed by atoms with E-state index >= 15 is 0 Å². The Balaban J connectivity index is 1.50. The van der Waals surface area contributed by atoms with E-state index in [9.17, 15) is 9.59 Å². The second-order valence-corrected chi connectivity index (χ2v) is 8.96. The Labute approximate surface area is 174 Å². The fourth-order valence-corrected chi connectivity index (χ4v) is 5.05. The Bertz CT molecular complexity index is 945. The van der Waals surface area contributed by atoms with Gasteiger partial charge in [-0.05, 0) is 58.7 Å². The monoisotopic (exact) mass is 415 g/mol. The second-order valence-electron chi connectivity index (χ2n) is 7.87. The average Bonchev–Trinajstić information content (AvgIpc) is 3.35. The molecule has 0 fully saturated rings. The summed E-state index contributed by atoms with van der Waals surface area (Å²) in [4.78, 5) is 33.4. The molecule has 1 atom stereocenters. The van der Waals surface area contributed by atoms with Crippen LogP contribution in [-0.2, 0) is 11.2 Å². The van der Waals surface area contributed by atoms with Gasteiger partial charge in [0.1, 0.15) is 0 Å². The summed E-state index contributed by atoms with van der Waals surface area (Å²) in [5, 5.41) is 3.38. The standard InChI is InChI=1S/C21H25N3O4S/c1-11(2)24(12(3)4)20(26)14-6-8-17-18(14)22-21(29-17)23-19(25)13-5-7-15-16(9-13)28-10-27-15/h5,7,9,11-12,14H,6,8,10H2,1-4H3,(H,22,23,25). The van der Waals surface area contributed by atoms with Crippen LogP contribution in [0, 0.1) is 0 Å². The van der Waals surface area contributed by atoms with E-state index in [4.69, 9.17) is 9.47 Å². The average molecular weight is 416 g/mol. The van der Waals surface area contributed by atoms with Crippen molar-refractivity contribution >= 4 is 28.3 Å². The first-order valence-electron chi connectivity index (χ1n) is 9.88. The van der Waals surface area contributed by atoms with E-state index in [1.807, 2.05) is 32.6 Å². The van der Waals surface area contributed by atoms with Crippen molar-refractivity contribution in [3.05, 3.63) is 34.3 Å². The predicted octanol–water partition coefficient (Wildman–Crippen LogP) is 3.80. The van der Waals surface area contributed by atoms with Crippen molar-refractivity contribution in [2.24, 2.45) is 0 Å². The Hall–Kier alpha value is -2.61. The van der Waals surface area contributed by atoms with E-state index in [0.29, 0.717) is 22.2 Å². The van der Waals surface area contributed by atoms with Crippen LogP contribution in [0.15, 0.2) is 18.2 Å². The van der Waals surface area contributed by atoms with Crippen LogP contribution in [-0.4, -0.2) is 40.6 Å². The zero-order valence-corrected chi connectivity index (χ0v) is 17.8. The molecule has 1 unspecified atom stereocenters. The normalized spacial score (nSPS) is 17.0. The van der Waals surface area contributed by atoms with Gasteiger partial charge in [0, 0.05) is 22.5 Å². The molecule has 0 bridgehead atoms. The molecule has 2 aliphatic rings. The zero-order chi connectivity index (χ0) is 20.7. The largest absolute Gasteiger partial charge is 0.454 e. The molecule has 154 valence electrons. The summed E-state index contributed by atoms with van der Waals surface area (Å²) in [6, 6.07) is 5.35. The van der Waals surface area contributed by atoms with Gasteiger partial charge < -0.3 is 14.4 Å². The van der Waals surface area contributed by atoms with Gasteiger partial charge in [-0.3, -0.25) is 14.9 Å². The van der Waals surface area contributed by atoms with Gasteiger partial charge in [-0.2, -0.15) is 0 Å². The zero-order valence-electron chi connectivity index (χ0n) is 17.0. The van der Waals surface area contributed by atoms with Crippen LogP contribution < -0.4 is 14.8 Å². The molecule has 1 aromatic carbocycles. The number of thiazole rings is 1. The number of rotatable bonds is 5. The van der Waals surface area contributed by atoms with Crippen molar-refractivity contribution in [3.63, 3.8) is 0 Å². The fraction of sp³-hybridized carbons (Fsp3) is 0.476. The van der Waals surface area contributed by atoms with E-state index in [2.05, 4.69) is 10.3 Å². The van der Waals surface area contributed by atoms with Crippen LogP contribution in [0.25, 0.3) is 0 Å².